The van der Waals surface area contributed by atoms with E-state index in [0.29, 0.717) is 28.0 Å². The minimum atomic E-state index is -4.42. The summed E-state index contributed by atoms with van der Waals surface area (Å²) in [6.45, 7) is 0.591. The fourth-order valence-electron chi connectivity index (χ4n) is 2.00. The highest BCUT2D eigenvalue weighted by Gasteiger charge is 2.30. The van der Waals surface area contributed by atoms with Crippen LogP contribution in [0.1, 0.15) is 11.1 Å². The van der Waals surface area contributed by atoms with Gasteiger partial charge in [0.05, 0.1) is 15.6 Å². The molecule has 0 aliphatic rings. The van der Waals surface area contributed by atoms with Gasteiger partial charge in [-0.3, -0.25) is 0 Å². The largest absolute Gasteiger partial charge is 0.416 e. The lowest BCUT2D eigenvalue weighted by Gasteiger charge is -2.11. The normalized spacial score (nSPS) is 11.1. The van der Waals surface area contributed by atoms with Crippen LogP contribution in [0.4, 0.5) is 23.8 Å². The van der Waals surface area contributed by atoms with Gasteiger partial charge in [0.15, 0.2) is 0 Å². The standard InChI is InChI=1S/C16H15Cl2F3N4O/c17-12-7-13(18)14(24-9-12)22-4-5-23-15(26)25-8-10-2-1-3-11(6-10)16(19,20)21/h1-3,6-7,9H,4-5,8H2,(H,22,24)(H2,23,25,26). The van der Waals surface area contributed by atoms with Gasteiger partial charge in [-0.05, 0) is 23.8 Å². The minimum absolute atomic E-state index is 0.0201. The molecule has 0 bridgehead atoms. The van der Waals surface area contributed by atoms with Crippen LogP contribution in [0.25, 0.3) is 0 Å². The molecular weight excluding hydrogens is 392 g/mol. The molecule has 10 heteroatoms. The van der Waals surface area contributed by atoms with Gasteiger partial charge >= 0.3 is 12.2 Å². The smallest absolute Gasteiger partial charge is 0.367 e. The van der Waals surface area contributed by atoms with Crippen LogP contribution in [0.5, 0.6) is 0 Å². The molecule has 2 aromatic rings. The van der Waals surface area contributed by atoms with Crippen molar-refractivity contribution in [2.75, 3.05) is 18.4 Å². The van der Waals surface area contributed by atoms with Crippen LogP contribution in [-0.4, -0.2) is 24.1 Å². The first-order valence-corrected chi connectivity index (χ1v) is 8.24. The van der Waals surface area contributed by atoms with Gasteiger partial charge in [-0.1, -0.05) is 35.3 Å². The lowest BCUT2D eigenvalue weighted by Crippen LogP contribution is -2.37. The third-order valence-corrected chi connectivity index (χ3v) is 3.71. The summed E-state index contributed by atoms with van der Waals surface area (Å²) in [5.74, 6) is 0.433. The molecule has 1 aromatic heterocycles. The van der Waals surface area contributed by atoms with E-state index in [1.807, 2.05) is 0 Å². The number of hydrogen-bond acceptors (Lipinski definition) is 3. The van der Waals surface area contributed by atoms with Gasteiger partial charge in [0.1, 0.15) is 5.82 Å². The molecule has 0 aliphatic carbocycles. The maximum Gasteiger partial charge on any atom is 0.416 e. The Kier molecular flexibility index (Phi) is 6.93. The Bertz CT molecular complexity index is 771. The minimum Gasteiger partial charge on any atom is -0.367 e. The van der Waals surface area contributed by atoms with E-state index >= 15 is 0 Å². The van der Waals surface area contributed by atoms with E-state index in [1.54, 1.807) is 0 Å². The maximum absolute atomic E-state index is 12.6. The molecule has 0 aliphatic heterocycles. The van der Waals surface area contributed by atoms with Crippen molar-refractivity contribution in [1.82, 2.24) is 15.6 Å². The van der Waals surface area contributed by atoms with Gasteiger partial charge in [0.25, 0.3) is 0 Å². The summed E-state index contributed by atoms with van der Waals surface area (Å²) in [5, 5.41) is 8.75. The lowest BCUT2D eigenvalue weighted by molar-refractivity contribution is -0.137. The second kappa shape index (κ2) is 8.95. The predicted molar refractivity (Wildman–Crippen MR) is 94.4 cm³/mol. The zero-order valence-electron chi connectivity index (χ0n) is 13.3. The number of nitrogens with zero attached hydrogens (tertiary/aromatic N) is 1. The number of carbonyl (C=O) groups is 1. The highest BCUT2D eigenvalue weighted by atomic mass is 35.5. The van der Waals surface area contributed by atoms with E-state index in [0.717, 1.165) is 12.1 Å². The van der Waals surface area contributed by atoms with Crippen LogP contribution in [-0.2, 0) is 12.7 Å². The van der Waals surface area contributed by atoms with E-state index in [2.05, 4.69) is 20.9 Å². The van der Waals surface area contributed by atoms with Crippen molar-refractivity contribution in [3.8, 4) is 0 Å². The molecule has 5 nitrogen and oxygen atoms in total. The number of halogens is 5. The van der Waals surface area contributed by atoms with Crippen LogP contribution >= 0.6 is 23.2 Å². The van der Waals surface area contributed by atoms with E-state index in [1.165, 1.54) is 24.4 Å². The first kappa shape index (κ1) is 20.1. The quantitative estimate of drug-likeness (QED) is 0.625. The summed E-state index contributed by atoms with van der Waals surface area (Å²) < 4.78 is 37.9. The number of nitrogens with one attached hydrogen (secondary N) is 3. The maximum atomic E-state index is 12.6. The first-order valence-electron chi connectivity index (χ1n) is 7.48. The SMILES string of the molecule is O=C(NCCNc1ncc(Cl)cc1Cl)NCc1cccc(C(F)(F)F)c1. The summed E-state index contributed by atoms with van der Waals surface area (Å²) in [6.07, 6.45) is -2.98. The second-order valence-electron chi connectivity index (χ2n) is 5.22. The van der Waals surface area contributed by atoms with Gasteiger partial charge in [-0.2, -0.15) is 13.2 Å². The van der Waals surface area contributed by atoms with Crippen molar-refractivity contribution in [3.63, 3.8) is 0 Å². The number of amides is 2. The highest BCUT2D eigenvalue weighted by molar-refractivity contribution is 6.35. The Labute approximate surface area is 157 Å². The molecule has 0 atom stereocenters. The van der Waals surface area contributed by atoms with Crippen molar-refractivity contribution < 1.29 is 18.0 Å². The second-order valence-corrected chi connectivity index (χ2v) is 6.06. The first-order chi connectivity index (χ1) is 12.3. The van der Waals surface area contributed by atoms with Gasteiger partial charge in [-0.25, -0.2) is 9.78 Å². The number of pyridine rings is 1. The average molecular weight is 407 g/mol. The number of anilines is 1. The van der Waals surface area contributed by atoms with Crippen LogP contribution < -0.4 is 16.0 Å². The van der Waals surface area contributed by atoms with Gasteiger partial charge < -0.3 is 16.0 Å². The van der Waals surface area contributed by atoms with Crippen LogP contribution in [0.2, 0.25) is 10.0 Å². The molecule has 140 valence electrons. The Morgan fingerprint density at radius 3 is 2.58 bits per heavy atom. The number of aromatic nitrogens is 1. The molecule has 1 aromatic carbocycles. The van der Waals surface area contributed by atoms with Crippen molar-refractivity contribution in [1.29, 1.82) is 0 Å². The fraction of sp³-hybridized carbons (Fsp3) is 0.250. The molecule has 0 spiro atoms. The summed E-state index contributed by atoms with van der Waals surface area (Å²) in [6, 6.07) is 5.81. The third kappa shape index (κ3) is 6.27. The average Bonchev–Trinajstić information content (AvgIpc) is 2.58. The number of carbonyl (C=O) groups excluding carboxylic acids is 1. The molecular formula is C16H15Cl2F3N4O. The summed E-state index contributed by atoms with van der Waals surface area (Å²) in [4.78, 5) is 15.7. The van der Waals surface area contributed by atoms with E-state index in [-0.39, 0.29) is 13.1 Å². The Morgan fingerprint density at radius 1 is 1.12 bits per heavy atom. The highest BCUT2D eigenvalue weighted by Crippen LogP contribution is 2.29. The molecule has 3 N–H and O–H groups in total. The molecule has 0 saturated heterocycles. The Balaban J connectivity index is 1.72. The number of urea groups is 1. The topological polar surface area (TPSA) is 66.0 Å². The molecule has 0 fully saturated rings. The molecule has 26 heavy (non-hydrogen) atoms. The number of rotatable bonds is 6. The summed E-state index contributed by atoms with van der Waals surface area (Å²) >= 11 is 11.7. The number of benzene rings is 1. The Morgan fingerprint density at radius 2 is 1.88 bits per heavy atom. The lowest BCUT2D eigenvalue weighted by atomic mass is 10.1. The summed E-state index contributed by atoms with van der Waals surface area (Å²) in [5.41, 5.74) is -0.404. The molecule has 2 amide bonds. The molecule has 1 heterocycles. The van der Waals surface area contributed by atoms with Crippen molar-refractivity contribution in [2.24, 2.45) is 0 Å². The Hall–Kier alpha value is -2.19. The van der Waals surface area contributed by atoms with Crippen molar-refractivity contribution in [2.45, 2.75) is 12.7 Å². The molecule has 0 unspecified atom stereocenters. The number of hydrogen-bond donors (Lipinski definition) is 3. The molecule has 0 saturated carbocycles. The zero-order valence-corrected chi connectivity index (χ0v) is 14.8. The van der Waals surface area contributed by atoms with Gasteiger partial charge in [0.2, 0.25) is 0 Å². The molecule has 0 radical (unpaired) electrons. The van der Waals surface area contributed by atoms with Crippen molar-refractivity contribution in [3.05, 3.63) is 57.7 Å². The van der Waals surface area contributed by atoms with Gasteiger partial charge in [0, 0.05) is 25.8 Å². The van der Waals surface area contributed by atoms with E-state index in [4.69, 9.17) is 23.2 Å². The molecule has 2 rings (SSSR count). The zero-order chi connectivity index (χ0) is 19.2. The van der Waals surface area contributed by atoms with E-state index in [9.17, 15) is 18.0 Å². The predicted octanol–water partition coefficient (Wildman–Crippen LogP) is 4.32. The van der Waals surface area contributed by atoms with Crippen molar-refractivity contribution >= 4 is 35.1 Å². The fourth-order valence-corrected chi connectivity index (χ4v) is 2.45. The van der Waals surface area contributed by atoms with Gasteiger partial charge in [-0.15, -0.1) is 0 Å². The summed E-state index contributed by atoms with van der Waals surface area (Å²) in [7, 11) is 0. The van der Waals surface area contributed by atoms with Crippen LogP contribution in [0, 0.1) is 0 Å². The monoisotopic (exact) mass is 406 g/mol. The van der Waals surface area contributed by atoms with E-state index < -0.39 is 17.8 Å². The number of alkyl halides is 3. The van der Waals surface area contributed by atoms with Crippen LogP contribution in [0.3, 0.4) is 0 Å². The third-order valence-electron chi connectivity index (χ3n) is 3.22. The van der Waals surface area contributed by atoms with Crippen LogP contribution in [0.15, 0.2) is 36.5 Å².